The van der Waals surface area contributed by atoms with Crippen molar-refractivity contribution in [1.29, 1.82) is 0 Å². The first kappa shape index (κ1) is 15.2. The minimum absolute atomic E-state index is 0.462. The van der Waals surface area contributed by atoms with Gasteiger partial charge in [0.1, 0.15) is 0 Å². The molecule has 1 N–H and O–H groups in total. The molecule has 0 aliphatic heterocycles. The number of aryl methyl sites for hydroxylation is 2. The zero-order chi connectivity index (χ0) is 14.5. The molecule has 0 radical (unpaired) electrons. The van der Waals surface area contributed by atoms with E-state index in [-0.39, 0.29) is 0 Å². The molecule has 108 valence electrons. The lowest BCUT2D eigenvalue weighted by atomic mass is 10.1. The van der Waals surface area contributed by atoms with Crippen LogP contribution in [-0.2, 0) is 6.42 Å². The molecular formula is C15H20BrN3O. The maximum Gasteiger partial charge on any atom is 0.227 e. The van der Waals surface area contributed by atoms with Gasteiger partial charge in [-0.3, -0.25) is 0 Å². The van der Waals surface area contributed by atoms with Crippen molar-refractivity contribution >= 4 is 15.9 Å². The second-order valence-electron chi connectivity index (χ2n) is 4.97. The van der Waals surface area contributed by atoms with Crippen molar-refractivity contribution < 1.29 is 4.52 Å². The van der Waals surface area contributed by atoms with Crippen LogP contribution >= 0.6 is 15.9 Å². The van der Waals surface area contributed by atoms with E-state index in [1.807, 2.05) is 18.2 Å². The summed E-state index contributed by atoms with van der Waals surface area (Å²) in [6, 6.07) is 6.54. The molecule has 5 heteroatoms. The average molecular weight is 338 g/mol. The average Bonchev–Trinajstić information content (AvgIpc) is 2.89. The van der Waals surface area contributed by atoms with Crippen LogP contribution in [0, 0.1) is 6.92 Å². The van der Waals surface area contributed by atoms with Gasteiger partial charge in [0.15, 0.2) is 0 Å². The smallest absolute Gasteiger partial charge is 0.227 e. The molecule has 1 heterocycles. The summed E-state index contributed by atoms with van der Waals surface area (Å²) in [6.45, 7) is 7.31. The molecule has 0 saturated heterocycles. The fourth-order valence-electron chi connectivity index (χ4n) is 2.00. The summed E-state index contributed by atoms with van der Waals surface area (Å²) in [5, 5.41) is 7.43. The first-order valence-corrected chi connectivity index (χ1v) is 7.72. The van der Waals surface area contributed by atoms with E-state index < -0.39 is 0 Å². The van der Waals surface area contributed by atoms with Gasteiger partial charge in [-0.25, -0.2) is 0 Å². The van der Waals surface area contributed by atoms with Crippen molar-refractivity contribution in [3.8, 4) is 11.4 Å². The number of aromatic nitrogens is 2. The Bertz CT molecular complexity index is 568. The van der Waals surface area contributed by atoms with E-state index in [2.05, 4.69) is 52.2 Å². The van der Waals surface area contributed by atoms with Crippen LogP contribution in [0.2, 0.25) is 0 Å². The van der Waals surface area contributed by atoms with E-state index in [1.165, 1.54) is 5.56 Å². The Kier molecular flexibility index (Phi) is 5.31. The Labute approximate surface area is 128 Å². The molecule has 1 unspecified atom stereocenters. The molecule has 0 aliphatic carbocycles. The number of rotatable bonds is 6. The highest BCUT2D eigenvalue weighted by Gasteiger charge is 2.10. The minimum atomic E-state index is 0.462. The van der Waals surface area contributed by atoms with Crippen LogP contribution in [-0.4, -0.2) is 22.7 Å². The Hall–Kier alpha value is -1.20. The van der Waals surface area contributed by atoms with Crippen molar-refractivity contribution in [2.75, 3.05) is 6.54 Å². The summed E-state index contributed by atoms with van der Waals surface area (Å²) in [4.78, 5) is 4.46. The molecule has 0 spiro atoms. The van der Waals surface area contributed by atoms with Crippen LogP contribution in [0.3, 0.4) is 0 Å². The zero-order valence-electron chi connectivity index (χ0n) is 12.1. The number of benzene rings is 1. The maximum atomic E-state index is 5.31. The molecule has 1 aromatic heterocycles. The highest BCUT2D eigenvalue weighted by Crippen LogP contribution is 2.23. The minimum Gasteiger partial charge on any atom is -0.339 e. The number of halogens is 1. The van der Waals surface area contributed by atoms with Crippen LogP contribution in [0.4, 0.5) is 0 Å². The number of nitrogens with one attached hydrogen (secondary N) is 1. The van der Waals surface area contributed by atoms with Gasteiger partial charge in [-0.05, 0) is 38.4 Å². The zero-order valence-corrected chi connectivity index (χ0v) is 13.7. The topological polar surface area (TPSA) is 51.0 Å². The van der Waals surface area contributed by atoms with Crippen molar-refractivity contribution in [3.63, 3.8) is 0 Å². The quantitative estimate of drug-likeness (QED) is 0.872. The molecule has 0 fully saturated rings. The highest BCUT2D eigenvalue weighted by atomic mass is 79.9. The fraction of sp³-hybridized carbons (Fsp3) is 0.467. The Morgan fingerprint density at radius 1 is 1.40 bits per heavy atom. The molecule has 2 aromatic rings. The van der Waals surface area contributed by atoms with Crippen LogP contribution in [0.25, 0.3) is 11.4 Å². The van der Waals surface area contributed by atoms with Crippen molar-refractivity contribution in [1.82, 2.24) is 15.5 Å². The van der Waals surface area contributed by atoms with Gasteiger partial charge in [-0.2, -0.15) is 4.98 Å². The maximum absolute atomic E-state index is 5.31. The summed E-state index contributed by atoms with van der Waals surface area (Å²) in [5.74, 6) is 1.35. The number of hydrogen-bond acceptors (Lipinski definition) is 4. The number of nitrogens with zero attached hydrogens (tertiary/aromatic N) is 2. The SMILES string of the molecule is CCNC(C)CCc1nc(-c2ccc(C)c(Br)c2)no1. The summed E-state index contributed by atoms with van der Waals surface area (Å²) in [5.41, 5.74) is 2.16. The van der Waals surface area contributed by atoms with Gasteiger partial charge >= 0.3 is 0 Å². The number of hydrogen-bond donors (Lipinski definition) is 1. The summed E-state index contributed by atoms with van der Waals surface area (Å²) in [6.07, 6.45) is 1.79. The van der Waals surface area contributed by atoms with E-state index >= 15 is 0 Å². The fourth-order valence-corrected chi connectivity index (χ4v) is 2.37. The molecule has 4 nitrogen and oxygen atoms in total. The lowest BCUT2D eigenvalue weighted by Gasteiger charge is -2.09. The third-order valence-electron chi connectivity index (χ3n) is 3.24. The summed E-state index contributed by atoms with van der Waals surface area (Å²) < 4.78 is 6.37. The molecule has 0 aliphatic rings. The van der Waals surface area contributed by atoms with Gasteiger partial charge in [0.05, 0.1) is 0 Å². The van der Waals surface area contributed by atoms with Gasteiger partial charge in [0, 0.05) is 22.5 Å². The van der Waals surface area contributed by atoms with Crippen LogP contribution in [0.1, 0.15) is 31.7 Å². The molecule has 2 rings (SSSR count). The first-order valence-electron chi connectivity index (χ1n) is 6.92. The second-order valence-corrected chi connectivity index (χ2v) is 5.83. The predicted octanol–water partition coefficient (Wildman–Crippen LogP) is 3.74. The lowest BCUT2D eigenvalue weighted by molar-refractivity contribution is 0.368. The third-order valence-corrected chi connectivity index (χ3v) is 4.10. The van der Waals surface area contributed by atoms with Crippen molar-refractivity contribution in [2.45, 2.75) is 39.7 Å². The molecule has 0 amide bonds. The third kappa shape index (κ3) is 3.90. The molecule has 1 atom stereocenters. The first-order chi connectivity index (χ1) is 9.60. The molecule has 20 heavy (non-hydrogen) atoms. The summed E-state index contributed by atoms with van der Waals surface area (Å²) in [7, 11) is 0. The second kappa shape index (κ2) is 6.99. The van der Waals surface area contributed by atoms with E-state index in [9.17, 15) is 0 Å². The van der Waals surface area contributed by atoms with E-state index in [1.54, 1.807) is 0 Å². The van der Waals surface area contributed by atoms with E-state index in [0.29, 0.717) is 17.8 Å². The highest BCUT2D eigenvalue weighted by molar-refractivity contribution is 9.10. The Morgan fingerprint density at radius 2 is 2.20 bits per heavy atom. The van der Waals surface area contributed by atoms with Gasteiger partial charge in [0.25, 0.3) is 0 Å². The van der Waals surface area contributed by atoms with Gasteiger partial charge in [0.2, 0.25) is 11.7 Å². The van der Waals surface area contributed by atoms with Crippen molar-refractivity contribution in [3.05, 3.63) is 34.1 Å². The standard InChI is InChI=1S/C15H20BrN3O/c1-4-17-11(3)6-8-14-18-15(19-20-14)12-7-5-10(2)13(16)9-12/h5,7,9,11,17H,4,6,8H2,1-3H3. The van der Waals surface area contributed by atoms with Gasteiger partial charge in [-0.1, -0.05) is 40.1 Å². The molecule has 0 bridgehead atoms. The molecule has 1 aromatic carbocycles. The van der Waals surface area contributed by atoms with E-state index in [4.69, 9.17) is 4.52 Å². The normalized spacial score (nSPS) is 12.6. The van der Waals surface area contributed by atoms with Gasteiger partial charge < -0.3 is 9.84 Å². The summed E-state index contributed by atoms with van der Waals surface area (Å²) >= 11 is 3.52. The van der Waals surface area contributed by atoms with Crippen molar-refractivity contribution in [2.24, 2.45) is 0 Å². The Morgan fingerprint density at radius 3 is 2.90 bits per heavy atom. The lowest BCUT2D eigenvalue weighted by Crippen LogP contribution is -2.25. The van der Waals surface area contributed by atoms with Crippen LogP contribution in [0.15, 0.2) is 27.2 Å². The van der Waals surface area contributed by atoms with Crippen LogP contribution < -0.4 is 5.32 Å². The molecule has 0 saturated carbocycles. The molecular weight excluding hydrogens is 318 g/mol. The predicted molar refractivity (Wildman–Crippen MR) is 83.6 cm³/mol. The van der Waals surface area contributed by atoms with Gasteiger partial charge in [-0.15, -0.1) is 0 Å². The van der Waals surface area contributed by atoms with E-state index in [0.717, 1.165) is 29.4 Å². The monoisotopic (exact) mass is 337 g/mol. The largest absolute Gasteiger partial charge is 0.339 e. The Balaban J connectivity index is 2.03. The van der Waals surface area contributed by atoms with Crippen LogP contribution in [0.5, 0.6) is 0 Å².